The van der Waals surface area contributed by atoms with E-state index in [0.717, 1.165) is 11.8 Å². The maximum Gasteiger partial charge on any atom is 0.0981 e. The first kappa shape index (κ1) is 9.11. The Morgan fingerprint density at radius 2 is 1.77 bits per heavy atom. The van der Waals surface area contributed by atoms with E-state index in [4.69, 9.17) is 4.74 Å². The maximum atomic E-state index is 5.50. The third-order valence-corrected chi connectivity index (χ3v) is 3.78. The van der Waals surface area contributed by atoms with Crippen LogP contribution in [0.15, 0.2) is 12.8 Å². The van der Waals surface area contributed by atoms with Crippen LogP contribution < -0.4 is 0 Å². The van der Waals surface area contributed by atoms with Gasteiger partial charge in [0.05, 0.1) is 12.4 Å². The van der Waals surface area contributed by atoms with Gasteiger partial charge < -0.3 is 4.74 Å². The predicted octanol–water partition coefficient (Wildman–Crippen LogP) is 3.51. The van der Waals surface area contributed by atoms with Gasteiger partial charge in [-0.2, -0.15) is 0 Å². The van der Waals surface area contributed by atoms with E-state index in [2.05, 4.69) is 6.58 Å². The third-order valence-electron chi connectivity index (χ3n) is 3.78. The average molecular weight is 180 g/mol. The Kier molecular flexibility index (Phi) is 2.92. The fourth-order valence-corrected chi connectivity index (χ4v) is 3.09. The number of fused-ring (bicyclic) bond motifs is 1. The summed E-state index contributed by atoms with van der Waals surface area (Å²) in [6, 6.07) is 0. The Morgan fingerprint density at radius 3 is 2.54 bits per heavy atom. The molecule has 0 saturated heterocycles. The molecule has 2 aliphatic rings. The summed E-state index contributed by atoms with van der Waals surface area (Å²) in [4.78, 5) is 0. The molecule has 1 nitrogen and oxygen atoms in total. The molecule has 3 unspecified atom stereocenters. The molecule has 0 aromatic rings. The van der Waals surface area contributed by atoms with Gasteiger partial charge in [-0.1, -0.05) is 32.3 Å². The Balaban J connectivity index is 1.87. The van der Waals surface area contributed by atoms with E-state index in [9.17, 15) is 0 Å². The minimum atomic E-state index is 0.483. The molecular formula is C12H20O. The molecule has 0 spiro atoms. The highest BCUT2D eigenvalue weighted by atomic mass is 16.5. The zero-order chi connectivity index (χ0) is 9.10. The maximum absolute atomic E-state index is 5.50. The largest absolute Gasteiger partial charge is 0.499 e. The number of ether oxygens (including phenoxy) is 1. The molecule has 0 aromatic carbocycles. The molecule has 2 saturated carbocycles. The Labute approximate surface area is 81.2 Å². The van der Waals surface area contributed by atoms with Gasteiger partial charge >= 0.3 is 0 Å². The molecule has 2 rings (SSSR count). The van der Waals surface area contributed by atoms with Gasteiger partial charge in [0.2, 0.25) is 0 Å². The monoisotopic (exact) mass is 180 g/mol. The summed E-state index contributed by atoms with van der Waals surface area (Å²) in [6.07, 6.45) is 11.9. The Morgan fingerprint density at radius 1 is 1.00 bits per heavy atom. The van der Waals surface area contributed by atoms with Crippen LogP contribution in [0.3, 0.4) is 0 Å². The highest BCUT2D eigenvalue weighted by molar-refractivity contribution is 4.84. The van der Waals surface area contributed by atoms with Crippen LogP contribution in [0.2, 0.25) is 0 Å². The van der Waals surface area contributed by atoms with Crippen molar-refractivity contribution in [3.8, 4) is 0 Å². The lowest BCUT2D eigenvalue weighted by Crippen LogP contribution is -2.30. The SMILES string of the molecule is C=COC1CCC2CCCCC2C1. The molecule has 0 heterocycles. The molecule has 13 heavy (non-hydrogen) atoms. The van der Waals surface area contributed by atoms with Gasteiger partial charge in [-0.05, 0) is 31.1 Å². The molecule has 0 radical (unpaired) electrons. The highest BCUT2D eigenvalue weighted by Gasteiger charge is 2.32. The fraction of sp³-hybridized carbons (Fsp3) is 0.833. The minimum absolute atomic E-state index is 0.483. The first-order chi connectivity index (χ1) is 6.40. The topological polar surface area (TPSA) is 9.23 Å². The van der Waals surface area contributed by atoms with Gasteiger partial charge in [0.25, 0.3) is 0 Å². The number of rotatable bonds is 2. The van der Waals surface area contributed by atoms with Crippen LogP contribution in [0, 0.1) is 11.8 Å². The molecule has 2 fully saturated rings. The summed E-state index contributed by atoms with van der Waals surface area (Å²) in [5.74, 6) is 1.99. The highest BCUT2D eigenvalue weighted by Crippen LogP contribution is 2.41. The molecular weight excluding hydrogens is 160 g/mol. The molecule has 0 amide bonds. The second-order valence-corrected chi connectivity index (χ2v) is 4.54. The van der Waals surface area contributed by atoms with Gasteiger partial charge in [-0.3, -0.25) is 0 Å². The molecule has 0 aromatic heterocycles. The Bertz CT molecular complexity index is 176. The van der Waals surface area contributed by atoms with Crippen molar-refractivity contribution < 1.29 is 4.74 Å². The van der Waals surface area contributed by atoms with E-state index in [1.165, 1.54) is 44.9 Å². The van der Waals surface area contributed by atoms with E-state index < -0.39 is 0 Å². The average Bonchev–Trinajstić information content (AvgIpc) is 2.18. The van der Waals surface area contributed by atoms with E-state index in [1.807, 2.05) is 0 Å². The van der Waals surface area contributed by atoms with Crippen LogP contribution in [0.25, 0.3) is 0 Å². The van der Waals surface area contributed by atoms with Crippen molar-refractivity contribution >= 4 is 0 Å². The van der Waals surface area contributed by atoms with Crippen molar-refractivity contribution in [3.63, 3.8) is 0 Å². The lowest BCUT2D eigenvalue weighted by Gasteiger charge is -2.38. The molecule has 0 bridgehead atoms. The van der Waals surface area contributed by atoms with Gasteiger partial charge in [-0.25, -0.2) is 0 Å². The van der Waals surface area contributed by atoms with Crippen LogP contribution in [-0.2, 0) is 4.74 Å². The van der Waals surface area contributed by atoms with Crippen molar-refractivity contribution in [2.24, 2.45) is 11.8 Å². The van der Waals surface area contributed by atoms with Crippen LogP contribution in [0.4, 0.5) is 0 Å². The van der Waals surface area contributed by atoms with Crippen molar-refractivity contribution in [1.82, 2.24) is 0 Å². The smallest absolute Gasteiger partial charge is 0.0981 e. The second-order valence-electron chi connectivity index (χ2n) is 4.54. The van der Waals surface area contributed by atoms with Crippen molar-refractivity contribution in [2.75, 3.05) is 0 Å². The lowest BCUT2D eigenvalue weighted by atomic mass is 9.70. The van der Waals surface area contributed by atoms with Crippen molar-refractivity contribution in [3.05, 3.63) is 12.8 Å². The third kappa shape index (κ3) is 2.07. The molecule has 3 atom stereocenters. The van der Waals surface area contributed by atoms with Crippen LogP contribution in [0.1, 0.15) is 44.9 Å². The normalized spacial score (nSPS) is 39.2. The summed E-state index contributed by atoms with van der Waals surface area (Å²) in [5.41, 5.74) is 0. The number of hydrogen-bond donors (Lipinski definition) is 0. The summed E-state index contributed by atoms with van der Waals surface area (Å²) < 4.78 is 5.50. The molecule has 0 aliphatic heterocycles. The van der Waals surface area contributed by atoms with Crippen molar-refractivity contribution in [2.45, 2.75) is 51.0 Å². The summed E-state index contributed by atoms with van der Waals surface area (Å²) in [6.45, 7) is 3.64. The molecule has 74 valence electrons. The first-order valence-corrected chi connectivity index (χ1v) is 5.66. The number of hydrogen-bond acceptors (Lipinski definition) is 1. The van der Waals surface area contributed by atoms with E-state index in [0.29, 0.717) is 6.10 Å². The lowest BCUT2D eigenvalue weighted by molar-refractivity contribution is 0.0376. The fourth-order valence-electron chi connectivity index (χ4n) is 3.09. The standard InChI is InChI=1S/C12H20O/c1-2-13-12-8-7-10-5-3-4-6-11(10)9-12/h2,10-12H,1,3-9H2. The van der Waals surface area contributed by atoms with Gasteiger partial charge in [0.15, 0.2) is 0 Å². The first-order valence-electron chi connectivity index (χ1n) is 5.66. The summed E-state index contributed by atoms with van der Waals surface area (Å²) in [5, 5.41) is 0. The van der Waals surface area contributed by atoms with Crippen molar-refractivity contribution in [1.29, 1.82) is 0 Å². The van der Waals surface area contributed by atoms with Crippen LogP contribution >= 0.6 is 0 Å². The summed E-state index contributed by atoms with van der Waals surface area (Å²) in [7, 11) is 0. The minimum Gasteiger partial charge on any atom is -0.499 e. The Hall–Kier alpha value is -0.460. The van der Waals surface area contributed by atoms with Crippen LogP contribution in [0.5, 0.6) is 0 Å². The quantitative estimate of drug-likeness (QED) is 0.591. The summed E-state index contributed by atoms with van der Waals surface area (Å²) >= 11 is 0. The van der Waals surface area contributed by atoms with Crippen LogP contribution in [-0.4, -0.2) is 6.10 Å². The zero-order valence-electron chi connectivity index (χ0n) is 8.37. The van der Waals surface area contributed by atoms with E-state index in [-0.39, 0.29) is 0 Å². The van der Waals surface area contributed by atoms with Gasteiger partial charge in [0, 0.05) is 0 Å². The molecule has 0 N–H and O–H groups in total. The van der Waals surface area contributed by atoms with E-state index >= 15 is 0 Å². The molecule has 1 heteroatoms. The second kappa shape index (κ2) is 4.17. The zero-order valence-corrected chi connectivity index (χ0v) is 8.37. The predicted molar refractivity (Wildman–Crippen MR) is 54.4 cm³/mol. The van der Waals surface area contributed by atoms with Gasteiger partial charge in [-0.15, -0.1) is 0 Å². The van der Waals surface area contributed by atoms with Gasteiger partial charge in [0.1, 0.15) is 0 Å². The molecule has 2 aliphatic carbocycles. The van der Waals surface area contributed by atoms with E-state index in [1.54, 1.807) is 6.26 Å².